The summed E-state index contributed by atoms with van der Waals surface area (Å²) in [6.07, 6.45) is 3.44. The van der Waals surface area contributed by atoms with Gasteiger partial charge in [0.1, 0.15) is 0 Å². The molecule has 0 spiro atoms. The van der Waals surface area contributed by atoms with Crippen LogP contribution in [-0.2, 0) is 11.3 Å². The van der Waals surface area contributed by atoms with E-state index in [9.17, 15) is 0 Å². The molecule has 18 heavy (non-hydrogen) atoms. The van der Waals surface area contributed by atoms with Gasteiger partial charge in [0, 0.05) is 43.4 Å². The minimum atomic E-state index is 0.333. The van der Waals surface area contributed by atoms with Gasteiger partial charge in [-0.2, -0.15) is 0 Å². The van der Waals surface area contributed by atoms with E-state index in [4.69, 9.17) is 4.74 Å². The van der Waals surface area contributed by atoms with E-state index >= 15 is 0 Å². The van der Waals surface area contributed by atoms with Crippen molar-refractivity contribution in [2.45, 2.75) is 45.9 Å². The van der Waals surface area contributed by atoms with E-state index in [1.54, 1.807) is 11.3 Å². The van der Waals surface area contributed by atoms with Gasteiger partial charge in [0.15, 0.2) is 5.13 Å². The molecule has 2 rings (SSSR count). The molecular formula is C13H23N3OS. The smallest absolute Gasteiger partial charge is 0.185 e. The molecule has 1 N–H and O–H groups in total. The summed E-state index contributed by atoms with van der Waals surface area (Å²) in [5, 5.41) is 4.69. The molecule has 2 heterocycles. The number of aromatic nitrogens is 1. The normalized spacial score (nSPS) is 23.5. The molecular weight excluding hydrogens is 246 g/mol. The topological polar surface area (TPSA) is 37.4 Å². The van der Waals surface area contributed by atoms with Crippen molar-refractivity contribution in [1.29, 1.82) is 0 Å². The van der Waals surface area contributed by atoms with Crippen molar-refractivity contribution >= 4 is 16.5 Å². The molecule has 1 aliphatic heterocycles. The van der Waals surface area contributed by atoms with Gasteiger partial charge in [0.2, 0.25) is 0 Å². The second-order valence-electron chi connectivity index (χ2n) is 4.63. The molecule has 0 radical (unpaired) electrons. The lowest BCUT2D eigenvalue weighted by Gasteiger charge is -2.16. The van der Waals surface area contributed by atoms with Crippen LogP contribution >= 0.6 is 11.3 Å². The Balaban J connectivity index is 1.86. The summed E-state index contributed by atoms with van der Waals surface area (Å²) in [5.74, 6) is 0. The molecule has 0 aliphatic carbocycles. The van der Waals surface area contributed by atoms with Crippen LogP contribution in [0.3, 0.4) is 0 Å². The summed E-state index contributed by atoms with van der Waals surface area (Å²) < 4.78 is 5.55. The Morgan fingerprint density at radius 2 is 2.28 bits per heavy atom. The lowest BCUT2D eigenvalue weighted by atomic mass is 10.1. The fourth-order valence-electron chi connectivity index (χ4n) is 2.25. The Morgan fingerprint density at radius 1 is 1.50 bits per heavy atom. The fourth-order valence-corrected chi connectivity index (χ4v) is 3.24. The van der Waals surface area contributed by atoms with Crippen LogP contribution < -0.4 is 10.2 Å². The van der Waals surface area contributed by atoms with Gasteiger partial charge in [-0.15, -0.1) is 11.3 Å². The zero-order valence-electron chi connectivity index (χ0n) is 11.5. The van der Waals surface area contributed by atoms with E-state index in [1.807, 2.05) is 6.20 Å². The molecule has 1 saturated heterocycles. The van der Waals surface area contributed by atoms with Crippen molar-refractivity contribution in [3.8, 4) is 0 Å². The Kier molecular flexibility index (Phi) is 4.97. The first-order valence-electron chi connectivity index (χ1n) is 6.79. The SMILES string of the molecule is CCN(CC)c1ncc(CNC2CCOC2C)s1. The van der Waals surface area contributed by atoms with Crippen molar-refractivity contribution in [2.24, 2.45) is 0 Å². The maximum absolute atomic E-state index is 5.55. The van der Waals surface area contributed by atoms with Gasteiger partial charge in [0.05, 0.1) is 6.10 Å². The summed E-state index contributed by atoms with van der Waals surface area (Å²) in [7, 11) is 0. The second-order valence-corrected chi connectivity index (χ2v) is 5.73. The van der Waals surface area contributed by atoms with E-state index < -0.39 is 0 Å². The Bertz CT molecular complexity index is 365. The van der Waals surface area contributed by atoms with Crippen molar-refractivity contribution in [1.82, 2.24) is 10.3 Å². The fraction of sp³-hybridized carbons (Fsp3) is 0.769. The van der Waals surface area contributed by atoms with Crippen LogP contribution in [0, 0.1) is 0 Å². The standard InChI is InChI=1S/C13H23N3OS/c1-4-16(5-2)13-15-9-11(18-13)8-14-12-6-7-17-10(12)3/h9-10,12,14H,4-8H2,1-3H3. The van der Waals surface area contributed by atoms with E-state index in [0.717, 1.165) is 37.8 Å². The van der Waals surface area contributed by atoms with E-state index in [0.29, 0.717) is 12.1 Å². The summed E-state index contributed by atoms with van der Waals surface area (Å²) in [6.45, 7) is 10.3. The molecule has 1 aromatic rings. The molecule has 4 nitrogen and oxygen atoms in total. The number of rotatable bonds is 6. The summed E-state index contributed by atoms with van der Waals surface area (Å²) in [6, 6.07) is 0.490. The highest BCUT2D eigenvalue weighted by atomic mass is 32.1. The predicted molar refractivity (Wildman–Crippen MR) is 76.3 cm³/mol. The Labute approximate surface area is 113 Å². The maximum atomic E-state index is 5.55. The number of hydrogen-bond acceptors (Lipinski definition) is 5. The van der Waals surface area contributed by atoms with Crippen LogP contribution in [0.15, 0.2) is 6.20 Å². The third-order valence-corrected chi connectivity index (χ3v) is 4.55. The molecule has 2 atom stereocenters. The average molecular weight is 269 g/mol. The molecule has 1 aliphatic rings. The predicted octanol–water partition coefficient (Wildman–Crippen LogP) is 2.26. The van der Waals surface area contributed by atoms with Gasteiger partial charge < -0.3 is 15.0 Å². The molecule has 0 bridgehead atoms. The number of hydrogen-bond donors (Lipinski definition) is 1. The largest absolute Gasteiger partial charge is 0.377 e. The molecule has 0 amide bonds. The lowest BCUT2D eigenvalue weighted by molar-refractivity contribution is 0.113. The number of thiazole rings is 1. The quantitative estimate of drug-likeness (QED) is 0.859. The first-order valence-corrected chi connectivity index (χ1v) is 7.60. The van der Waals surface area contributed by atoms with E-state index in [1.165, 1.54) is 4.88 Å². The monoisotopic (exact) mass is 269 g/mol. The van der Waals surface area contributed by atoms with Crippen molar-refractivity contribution in [2.75, 3.05) is 24.6 Å². The van der Waals surface area contributed by atoms with Crippen LogP contribution in [0.1, 0.15) is 32.1 Å². The van der Waals surface area contributed by atoms with Gasteiger partial charge in [-0.25, -0.2) is 4.98 Å². The van der Waals surface area contributed by atoms with Crippen molar-refractivity contribution < 1.29 is 4.74 Å². The van der Waals surface area contributed by atoms with Gasteiger partial charge in [0.25, 0.3) is 0 Å². The maximum Gasteiger partial charge on any atom is 0.185 e. The summed E-state index contributed by atoms with van der Waals surface area (Å²) in [4.78, 5) is 8.08. The first kappa shape index (κ1) is 13.8. The van der Waals surface area contributed by atoms with Gasteiger partial charge in [-0.1, -0.05) is 0 Å². The summed E-state index contributed by atoms with van der Waals surface area (Å²) in [5.41, 5.74) is 0. The van der Waals surface area contributed by atoms with Gasteiger partial charge in [-0.05, 0) is 27.2 Å². The van der Waals surface area contributed by atoms with Crippen molar-refractivity contribution in [3.05, 3.63) is 11.1 Å². The second kappa shape index (κ2) is 6.50. The van der Waals surface area contributed by atoms with Crippen molar-refractivity contribution in [3.63, 3.8) is 0 Å². The summed E-state index contributed by atoms with van der Waals surface area (Å²) >= 11 is 1.79. The zero-order chi connectivity index (χ0) is 13.0. The van der Waals surface area contributed by atoms with Crippen LogP contribution in [0.5, 0.6) is 0 Å². The molecule has 0 saturated carbocycles. The first-order chi connectivity index (χ1) is 8.74. The minimum absolute atomic E-state index is 0.333. The number of nitrogens with zero attached hydrogens (tertiary/aromatic N) is 2. The lowest BCUT2D eigenvalue weighted by Crippen LogP contribution is -2.33. The highest BCUT2D eigenvalue weighted by molar-refractivity contribution is 7.15. The van der Waals surface area contributed by atoms with Crippen LogP contribution in [0.4, 0.5) is 5.13 Å². The average Bonchev–Trinajstić information content (AvgIpc) is 2.98. The number of ether oxygens (including phenoxy) is 1. The minimum Gasteiger partial charge on any atom is -0.377 e. The third kappa shape index (κ3) is 3.22. The molecule has 1 aromatic heterocycles. The molecule has 2 unspecified atom stereocenters. The van der Waals surface area contributed by atoms with Gasteiger partial charge >= 0.3 is 0 Å². The molecule has 0 aromatic carbocycles. The Morgan fingerprint density at radius 3 is 2.89 bits per heavy atom. The third-order valence-electron chi connectivity index (χ3n) is 3.49. The van der Waals surface area contributed by atoms with E-state index in [2.05, 4.69) is 36.0 Å². The molecule has 102 valence electrons. The molecule has 5 heteroatoms. The number of anilines is 1. The number of nitrogens with one attached hydrogen (secondary N) is 1. The molecule has 1 fully saturated rings. The van der Waals surface area contributed by atoms with Crippen LogP contribution in [0.2, 0.25) is 0 Å². The highest BCUT2D eigenvalue weighted by Crippen LogP contribution is 2.22. The highest BCUT2D eigenvalue weighted by Gasteiger charge is 2.23. The Hall–Kier alpha value is -0.650. The zero-order valence-corrected chi connectivity index (χ0v) is 12.3. The van der Waals surface area contributed by atoms with Gasteiger partial charge in [-0.3, -0.25) is 0 Å². The van der Waals surface area contributed by atoms with Crippen LogP contribution in [0.25, 0.3) is 0 Å². The van der Waals surface area contributed by atoms with Crippen LogP contribution in [-0.4, -0.2) is 36.8 Å². The van der Waals surface area contributed by atoms with E-state index in [-0.39, 0.29) is 0 Å².